The van der Waals surface area contributed by atoms with Gasteiger partial charge in [0.15, 0.2) is 0 Å². The zero-order valence-corrected chi connectivity index (χ0v) is 12.4. The minimum absolute atomic E-state index is 0.628. The van der Waals surface area contributed by atoms with E-state index in [1.807, 2.05) is 31.3 Å². The van der Waals surface area contributed by atoms with Gasteiger partial charge in [-0.1, -0.05) is 18.2 Å². The number of anilines is 2. The van der Waals surface area contributed by atoms with Crippen LogP contribution in [0.5, 0.6) is 5.75 Å². The van der Waals surface area contributed by atoms with Crippen molar-refractivity contribution < 1.29 is 4.74 Å². The van der Waals surface area contributed by atoms with Gasteiger partial charge in [0, 0.05) is 19.2 Å². The predicted octanol–water partition coefficient (Wildman–Crippen LogP) is 2.90. The molecule has 6 heteroatoms. The van der Waals surface area contributed by atoms with E-state index in [9.17, 15) is 0 Å². The van der Waals surface area contributed by atoms with E-state index >= 15 is 0 Å². The van der Waals surface area contributed by atoms with Crippen LogP contribution >= 0.6 is 15.9 Å². The molecule has 1 aromatic carbocycles. The molecule has 1 aromatic heterocycles. The van der Waals surface area contributed by atoms with Gasteiger partial charge in [-0.2, -0.15) is 0 Å². The summed E-state index contributed by atoms with van der Waals surface area (Å²) in [6, 6.07) is 7.88. The second-order valence-electron chi connectivity index (χ2n) is 3.80. The second-order valence-corrected chi connectivity index (χ2v) is 4.59. The molecule has 2 aromatic rings. The Morgan fingerprint density at radius 1 is 1.21 bits per heavy atom. The van der Waals surface area contributed by atoms with Gasteiger partial charge in [-0.05, 0) is 22.0 Å². The molecule has 0 bridgehead atoms. The Balaban J connectivity index is 2.15. The van der Waals surface area contributed by atoms with E-state index in [0.717, 1.165) is 27.4 Å². The number of nitrogens with zero attached hydrogens (tertiary/aromatic N) is 2. The maximum Gasteiger partial charge on any atom is 0.146 e. The Hall–Kier alpha value is -1.82. The third-order valence-electron chi connectivity index (χ3n) is 2.67. The van der Waals surface area contributed by atoms with Crippen LogP contribution in [0.25, 0.3) is 0 Å². The summed E-state index contributed by atoms with van der Waals surface area (Å²) >= 11 is 3.47. The van der Waals surface area contributed by atoms with E-state index in [0.29, 0.717) is 6.54 Å². The van der Waals surface area contributed by atoms with Crippen molar-refractivity contribution in [2.24, 2.45) is 0 Å². The lowest BCUT2D eigenvalue weighted by molar-refractivity contribution is 0.410. The predicted molar refractivity (Wildman–Crippen MR) is 79.6 cm³/mol. The molecule has 0 aliphatic heterocycles. The van der Waals surface area contributed by atoms with Gasteiger partial charge < -0.3 is 15.4 Å². The number of hydrogen-bond acceptors (Lipinski definition) is 5. The summed E-state index contributed by atoms with van der Waals surface area (Å²) in [6.07, 6.45) is 1.52. The van der Waals surface area contributed by atoms with Crippen LogP contribution in [-0.4, -0.2) is 24.1 Å². The number of para-hydroxylation sites is 1. The highest BCUT2D eigenvalue weighted by Crippen LogP contribution is 2.27. The molecule has 0 saturated carbocycles. The molecule has 0 saturated heterocycles. The monoisotopic (exact) mass is 322 g/mol. The smallest absolute Gasteiger partial charge is 0.146 e. The van der Waals surface area contributed by atoms with Crippen LogP contribution in [0, 0.1) is 0 Å². The summed E-state index contributed by atoms with van der Waals surface area (Å²) < 4.78 is 6.12. The number of rotatable bonds is 5. The normalized spacial score (nSPS) is 10.1. The van der Waals surface area contributed by atoms with Crippen molar-refractivity contribution in [2.75, 3.05) is 24.8 Å². The fourth-order valence-corrected chi connectivity index (χ4v) is 2.24. The Labute approximate surface area is 120 Å². The highest BCUT2D eigenvalue weighted by molar-refractivity contribution is 9.10. The van der Waals surface area contributed by atoms with Crippen molar-refractivity contribution in [3.63, 3.8) is 0 Å². The molecule has 100 valence electrons. The first-order valence-electron chi connectivity index (χ1n) is 5.80. The summed E-state index contributed by atoms with van der Waals surface area (Å²) in [4.78, 5) is 8.32. The number of nitrogens with one attached hydrogen (secondary N) is 2. The van der Waals surface area contributed by atoms with Gasteiger partial charge in [-0.25, -0.2) is 9.97 Å². The Bertz CT molecular complexity index is 562. The van der Waals surface area contributed by atoms with Crippen LogP contribution < -0.4 is 15.4 Å². The standard InChI is InChI=1S/C13H15BrN4O/c1-15-12-11(14)13(18-8-17-12)16-7-9-5-3-4-6-10(9)19-2/h3-6,8H,7H2,1-2H3,(H2,15,16,17,18). The molecule has 0 unspecified atom stereocenters. The lowest BCUT2D eigenvalue weighted by Crippen LogP contribution is -2.05. The number of hydrogen-bond donors (Lipinski definition) is 2. The zero-order valence-electron chi connectivity index (χ0n) is 10.8. The first kappa shape index (κ1) is 13.6. The molecule has 5 nitrogen and oxygen atoms in total. The SMILES string of the molecule is CNc1ncnc(NCc2ccccc2OC)c1Br. The Kier molecular flexibility index (Phi) is 4.57. The van der Waals surface area contributed by atoms with Crippen LogP contribution in [-0.2, 0) is 6.54 Å². The van der Waals surface area contributed by atoms with Crippen LogP contribution in [0.3, 0.4) is 0 Å². The van der Waals surface area contributed by atoms with Crippen molar-refractivity contribution in [1.82, 2.24) is 9.97 Å². The minimum atomic E-state index is 0.628. The van der Waals surface area contributed by atoms with Gasteiger partial charge in [0.1, 0.15) is 28.2 Å². The molecule has 2 N–H and O–H groups in total. The molecule has 0 amide bonds. The maximum atomic E-state index is 5.31. The van der Waals surface area contributed by atoms with Crippen molar-refractivity contribution in [2.45, 2.75) is 6.54 Å². The first-order chi connectivity index (χ1) is 9.26. The van der Waals surface area contributed by atoms with Crippen LogP contribution in [0.2, 0.25) is 0 Å². The second kappa shape index (κ2) is 6.38. The number of benzene rings is 1. The van der Waals surface area contributed by atoms with Gasteiger partial charge >= 0.3 is 0 Å². The number of ether oxygens (including phenoxy) is 1. The van der Waals surface area contributed by atoms with E-state index in [1.54, 1.807) is 7.11 Å². The van der Waals surface area contributed by atoms with Crippen molar-refractivity contribution >= 4 is 27.6 Å². The fourth-order valence-electron chi connectivity index (χ4n) is 1.70. The van der Waals surface area contributed by atoms with Gasteiger partial charge in [0.05, 0.1) is 7.11 Å². The van der Waals surface area contributed by atoms with Crippen molar-refractivity contribution in [3.05, 3.63) is 40.6 Å². The van der Waals surface area contributed by atoms with E-state index < -0.39 is 0 Å². The Morgan fingerprint density at radius 2 is 1.95 bits per heavy atom. The van der Waals surface area contributed by atoms with E-state index in [1.165, 1.54) is 6.33 Å². The average molecular weight is 323 g/mol. The van der Waals surface area contributed by atoms with Gasteiger partial charge in [0.2, 0.25) is 0 Å². The molecule has 0 fully saturated rings. The molecular formula is C13H15BrN4O. The van der Waals surface area contributed by atoms with Gasteiger partial charge in [-0.3, -0.25) is 0 Å². The summed E-state index contributed by atoms with van der Waals surface area (Å²) in [5.74, 6) is 2.34. The van der Waals surface area contributed by atoms with Crippen LogP contribution in [0.4, 0.5) is 11.6 Å². The van der Waals surface area contributed by atoms with E-state index in [2.05, 4.69) is 36.5 Å². The molecule has 0 radical (unpaired) electrons. The largest absolute Gasteiger partial charge is 0.496 e. The molecule has 1 heterocycles. The average Bonchev–Trinajstić information content (AvgIpc) is 2.46. The summed E-state index contributed by atoms with van der Waals surface area (Å²) in [5, 5.41) is 6.25. The number of aromatic nitrogens is 2. The van der Waals surface area contributed by atoms with E-state index in [-0.39, 0.29) is 0 Å². The Morgan fingerprint density at radius 3 is 2.68 bits per heavy atom. The van der Waals surface area contributed by atoms with Crippen LogP contribution in [0.15, 0.2) is 35.1 Å². The molecule has 0 aliphatic carbocycles. The quantitative estimate of drug-likeness (QED) is 0.886. The zero-order chi connectivity index (χ0) is 13.7. The number of halogens is 1. The minimum Gasteiger partial charge on any atom is -0.496 e. The van der Waals surface area contributed by atoms with Crippen LogP contribution in [0.1, 0.15) is 5.56 Å². The highest BCUT2D eigenvalue weighted by Gasteiger charge is 2.08. The topological polar surface area (TPSA) is 59.1 Å². The number of methoxy groups -OCH3 is 1. The molecule has 19 heavy (non-hydrogen) atoms. The summed E-state index contributed by atoms with van der Waals surface area (Å²) in [7, 11) is 3.48. The summed E-state index contributed by atoms with van der Waals surface area (Å²) in [6.45, 7) is 0.628. The maximum absolute atomic E-state index is 5.31. The van der Waals surface area contributed by atoms with Gasteiger partial charge in [0.25, 0.3) is 0 Å². The van der Waals surface area contributed by atoms with Crippen molar-refractivity contribution in [1.29, 1.82) is 0 Å². The molecule has 2 rings (SSSR count). The molecular weight excluding hydrogens is 308 g/mol. The lowest BCUT2D eigenvalue weighted by atomic mass is 10.2. The third kappa shape index (κ3) is 3.14. The summed E-state index contributed by atoms with van der Waals surface area (Å²) in [5.41, 5.74) is 1.07. The molecule has 0 atom stereocenters. The highest BCUT2D eigenvalue weighted by atomic mass is 79.9. The fraction of sp³-hybridized carbons (Fsp3) is 0.231. The van der Waals surface area contributed by atoms with Gasteiger partial charge in [-0.15, -0.1) is 0 Å². The van der Waals surface area contributed by atoms with E-state index in [4.69, 9.17) is 4.74 Å². The lowest BCUT2D eigenvalue weighted by Gasteiger charge is -2.12. The first-order valence-corrected chi connectivity index (χ1v) is 6.59. The molecule has 0 aliphatic rings. The van der Waals surface area contributed by atoms with Crippen molar-refractivity contribution in [3.8, 4) is 5.75 Å². The molecule has 0 spiro atoms. The third-order valence-corrected chi connectivity index (χ3v) is 3.42.